The van der Waals surface area contributed by atoms with Gasteiger partial charge in [0, 0.05) is 5.57 Å². The van der Waals surface area contributed by atoms with E-state index in [9.17, 15) is 13.2 Å². The van der Waals surface area contributed by atoms with Crippen molar-refractivity contribution in [2.45, 2.75) is 38.2 Å². The first-order valence-electron chi connectivity index (χ1n) is 3.93. The molecule has 0 aromatic rings. The van der Waals surface area contributed by atoms with Gasteiger partial charge in [0.25, 0.3) is 0 Å². The fraction of sp³-hybridized carbons (Fsp3) is 0.750. The highest BCUT2D eigenvalue weighted by Crippen LogP contribution is 2.27. The first-order valence-corrected chi connectivity index (χ1v) is 3.93. The van der Waals surface area contributed by atoms with E-state index in [1.165, 1.54) is 0 Å². The van der Waals surface area contributed by atoms with Gasteiger partial charge in [0.05, 0.1) is 7.85 Å². The number of unbranched alkanes of at least 4 members (excludes halogenated alkanes) is 2. The Morgan fingerprint density at radius 2 is 1.75 bits per heavy atom. The van der Waals surface area contributed by atoms with Crippen LogP contribution in [0.3, 0.4) is 0 Å². The van der Waals surface area contributed by atoms with Crippen LogP contribution in [-0.2, 0) is 0 Å². The van der Waals surface area contributed by atoms with Gasteiger partial charge in [-0.05, 0) is 12.8 Å². The van der Waals surface area contributed by atoms with E-state index in [0.29, 0.717) is 12.7 Å². The summed E-state index contributed by atoms with van der Waals surface area (Å²) in [4.78, 5) is 0. The number of hydrogen-bond acceptors (Lipinski definition) is 0. The van der Waals surface area contributed by atoms with Crippen LogP contribution < -0.4 is 0 Å². The minimum Gasteiger partial charge on any atom is -0.167 e. The van der Waals surface area contributed by atoms with E-state index in [1.807, 2.05) is 0 Å². The molecule has 0 heterocycles. The average molecular weight is 176 g/mol. The molecule has 0 aromatic carbocycles. The summed E-state index contributed by atoms with van der Waals surface area (Å²) in [7, 11) is 5.19. The minimum atomic E-state index is -4.22. The number of rotatable bonds is 5. The molecule has 0 N–H and O–H groups in total. The largest absolute Gasteiger partial charge is 0.412 e. The van der Waals surface area contributed by atoms with Gasteiger partial charge in [-0.1, -0.05) is 25.7 Å². The SMILES string of the molecule is [B]CCCCCC(=C)C(F)(F)F. The highest BCUT2D eigenvalue weighted by molar-refractivity contribution is 6.08. The molecule has 0 saturated heterocycles. The molecule has 0 amide bonds. The van der Waals surface area contributed by atoms with Gasteiger partial charge in [-0.15, -0.1) is 0 Å². The normalized spacial score (nSPS) is 11.6. The summed E-state index contributed by atoms with van der Waals surface area (Å²) in [6.45, 7) is 2.97. The maximum Gasteiger partial charge on any atom is 0.412 e. The highest BCUT2D eigenvalue weighted by atomic mass is 19.4. The van der Waals surface area contributed by atoms with Gasteiger partial charge in [-0.25, -0.2) is 0 Å². The first kappa shape index (κ1) is 11.6. The lowest BCUT2D eigenvalue weighted by molar-refractivity contribution is -0.0937. The van der Waals surface area contributed by atoms with Crippen LogP contribution in [0.1, 0.15) is 25.7 Å². The lowest BCUT2D eigenvalue weighted by atomic mass is 9.98. The van der Waals surface area contributed by atoms with Crippen molar-refractivity contribution in [3.63, 3.8) is 0 Å². The Morgan fingerprint density at radius 1 is 1.17 bits per heavy atom. The molecule has 0 saturated carbocycles. The van der Waals surface area contributed by atoms with Gasteiger partial charge >= 0.3 is 6.18 Å². The van der Waals surface area contributed by atoms with Gasteiger partial charge in [0.2, 0.25) is 0 Å². The second-order valence-corrected chi connectivity index (χ2v) is 2.70. The van der Waals surface area contributed by atoms with Crippen LogP contribution in [0.2, 0.25) is 6.32 Å². The summed E-state index contributed by atoms with van der Waals surface area (Å²) in [5, 5.41) is 0. The highest BCUT2D eigenvalue weighted by Gasteiger charge is 2.30. The van der Waals surface area contributed by atoms with Crippen molar-refractivity contribution in [3.05, 3.63) is 12.2 Å². The molecule has 0 rings (SSSR count). The molecule has 0 spiro atoms. The van der Waals surface area contributed by atoms with E-state index in [4.69, 9.17) is 7.85 Å². The predicted octanol–water partition coefficient (Wildman–Crippen LogP) is 3.25. The summed E-state index contributed by atoms with van der Waals surface area (Å²) < 4.78 is 35.5. The van der Waals surface area contributed by atoms with Crippen LogP contribution in [0.25, 0.3) is 0 Å². The maximum atomic E-state index is 11.8. The van der Waals surface area contributed by atoms with Gasteiger partial charge in [-0.3, -0.25) is 0 Å². The third kappa shape index (κ3) is 5.27. The van der Waals surface area contributed by atoms with Crippen molar-refractivity contribution in [3.8, 4) is 0 Å². The Labute approximate surface area is 72.3 Å². The third-order valence-corrected chi connectivity index (χ3v) is 1.58. The van der Waals surface area contributed by atoms with Crippen LogP contribution >= 0.6 is 0 Å². The molecule has 0 atom stereocenters. The van der Waals surface area contributed by atoms with Crippen LogP contribution in [0, 0.1) is 0 Å². The van der Waals surface area contributed by atoms with Crippen molar-refractivity contribution < 1.29 is 13.2 Å². The van der Waals surface area contributed by atoms with Crippen molar-refractivity contribution in [1.82, 2.24) is 0 Å². The van der Waals surface area contributed by atoms with E-state index in [-0.39, 0.29) is 6.42 Å². The van der Waals surface area contributed by atoms with Crippen molar-refractivity contribution in [2.24, 2.45) is 0 Å². The van der Waals surface area contributed by atoms with Crippen LogP contribution in [0.4, 0.5) is 13.2 Å². The number of halogens is 3. The average Bonchev–Trinajstić information content (AvgIpc) is 1.96. The zero-order chi connectivity index (χ0) is 9.61. The van der Waals surface area contributed by atoms with Gasteiger partial charge in [0.15, 0.2) is 0 Å². The number of alkyl halides is 3. The Bertz CT molecular complexity index is 140. The van der Waals surface area contributed by atoms with Gasteiger partial charge < -0.3 is 0 Å². The minimum absolute atomic E-state index is 0.0312. The molecule has 12 heavy (non-hydrogen) atoms. The number of allylic oxidation sites excluding steroid dienone is 1. The molecule has 0 aromatic heterocycles. The summed E-state index contributed by atoms with van der Waals surface area (Å²) in [5.74, 6) is 0. The molecule has 4 heteroatoms. The molecular formula is C8H12BF3. The molecule has 0 aliphatic rings. The third-order valence-electron chi connectivity index (χ3n) is 1.58. The fourth-order valence-corrected chi connectivity index (χ4v) is 0.801. The Kier molecular flexibility index (Phi) is 5.10. The molecule has 0 nitrogen and oxygen atoms in total. The standard InChI is InChI=1S/C8H12BF3/c1-7(8(10,11)12)5-3-2-4-6-9/h1-6H2. The van der Waals surface area contributed by atoms with E-state index in [1.54, 1.807) is 0 Å². The zero-order valence-corrected chi connectivity index (χ0v) is 6.95. The van der Waals surface area contributed by atoms with E-state index in [2.05, 4.69) is 6.58 Å². The fourth-order valence-electron chi connectivity index (χ4n) is 0.801. The molecular weight excluding hydrogens is 164 g/mol. The molecule has 68 valence electrons. The molecule has 0 aliphatic carbocycles. The predicted molar refractivity (Wildman–Crippen MR) is 44.2 cm³/mol. The second-order valence-electron chi connectivity index (χ2n) is 2.70. The molecule has 0 unspecified atom stereocenters. The molecule has 0 fully saturated rings. The van der Waals surface area contributed by atoms with Crippen molar-refractivity contribution >= 4 is 7.85 Å². The topological polar surface area (TPSA) is 0 Å². The number of hydrogen-bond donors (Lipinski definition) is 0. The van der Waals surface area contributed by atoms with E-state index >= 15 is 0 Å². The smallest absolute Gasteiger partial charge is 0.167 e. The second kappa shape index (κ2) is 5.28. The Balaban J connectivity index is 3.45. The quantitative estimate of drug-likeness (QED) is 0.342. The molecule has 2 radical (unpaired) electrons. The van der Waals surface area contributed by atoms with E-state index in [0.717, 1.165) is 12.8 Å². The lowest BCUT2D eigenvalue weighted by Gasteiger charge is -2.08. The maximum absolute atomic E-state index is 11.8. The summed E-state index contributed by atoms with van der Waals surface area (Å²) in [6.07, 6.45) is -1.60. The van der Waals surface area contributed by atoms with Gasteiger partial charge in [-0.2, -0.15) is 13.2 Å². The van der Waals surface area contributed by atoms with Crippen LogP contribution in [0.15, 0.2) is 12.2 Å². The van der Waals surface area contributed by atoms with Crippen LogP contribution in [-0.4, -0.2) is 14.0 Å². The van der Waals surface area contributed by atoms with E-state index < -0.39 is 11.7 Å². The first-order chi connectivity index (χ1) is 5.48. The summed E-state index contributed by atoms with van der Waals surface area (Å²) in [6, 6.07) is 0. The Morgan fingerprint density at radius 3 is 2.17 bits per heavy atom. The molecule has 0 bridgehead atoms. The molecule has 0 aliphatic heterocycles. The van der Waals surface area contributed by atoms with Gasteiger partial charge in [0.1, 0.15) is 0 Å². The van der Waals surface area contributed by atoms with Crippen LogP contribution in [0.5, 0.6) is 0 Å². The summed E-state index contributed by atoms with van der Waals surface area (Å²) >= 11 is 0. The van der Waals surface area contributed by atoms with Crippen molar-refractivity contribution in [1.29, 1.82) is 0 Å². The lowest BCUT2D eigenvalue weighted by Crippen LogP contribution is -2.10. The monoisotopic (exact) mass is 176 g/mol. The zero-order valence-electron chi connectivity index (χ0n) is 6.95. The summed E-state index contributed by atoms with van der Waals surface area (Å²) in [5.41, 5.74) is -0.639. The Hall–Kier alpha value is -0.405. The van der Waals surface area contributed by atoms with Crippen molar-refractivity contribution in [2.75, 3.05) is 0 Å².